The van der Waals surface area contributed by atoms with Crippen molar-refractivity contribution in [3.8, 4) is 11.4 Å². The van der Waals surface area contributed by atoms with Crippen molar-refractivity contribution in [1.82, 2.24) is 14.7 Å². The molecule has 0 saturated carbocycles. The minimum absolute atomic E-state index is 0.0905. The van der Waals surface area contributed by atoms with Gasteiger partial charge in [0.2, 0.25) is 11.0 Å². The Morgan fingerprint density at radius 3 is 2.44 bits per heavy atom. The lowest BCUT2D eigenvalue weighted by atomic mass is 10.1. The molecule has 2 N–H and O–H groups in total. The van der Waals surface area contributed by atoms with Crippen LogP contribution >= 0.6 is 11.5 Å². The summed E-state index contributed by atoms with van der Waals surface area (Å²) >= 11 is 1.14. The predicted molar refractivity (Wildman–Crippen MR) is 97.3 cm³/mol. The Balaban J connectivity index is 1.64. The molecule has 6 nitrogen and oxygen atoms in total. The highest BCUT2D eigenvalue weighted by Crippen LogP contribution is 2.21. The zero-order chi connectivity index (χ0) is 17.6. The highest BCUT2D eigenvalue weighted by atomic mass is 32.1. The molecule has 1 aromatic heterocycles. The molecule has 2 aromatic carbocycles. The lowest BCUT2D eigenvalue weighted by Gasteiger charge is -2.04. The first kappa shape index (κ1) is 16.8. The maximum Gasteiger partial charge on any atom is 0.257 e. The molecule has 126 valence electrons. The van der Waals surface area contributed by atoms with Gasteiger partial charge < -0.3 is 5.32 Å². The molecular weight excluding hydrogens is 336 g/mol. The van der Waals surface area contributed by atoms with Crippen molar-refractivity contribution in [2.75, 3.05) is 5.32 Å². The number of anilines is 1. The van der Waals surface area contributed by atoms with Crippen molar-refractivity contribution in [1.29, 1.82) is 0 Å². The van der Waals surface area contributed by atoms with Crippen LogP contribution in [0, 0.1) is 0 Å². The van der Waals surface area contributed by atoms with Crippen LogP contribution in [-0.2, 0) is 11.3 Å². The Kier molecular flexibility index (Phi) is 5.15. The quantitative estimate of drug-likeness (QED) is 0.739. The normalized spacial score (nSPS) is 10.3. The maximum absolute atomic E-state index is 12.3. The van der Waals surface area contributed by atoms with Crippen molar-refractivity contribution in [3.63, 3.8) is 0 Å². The molecule has 3 aromatic rings. The fourth-order valence-corrected chi connectivity index (χ4v) is 2.73. The molecule has 0 bridgehead atoms. The average Bonchev–Trinajstić information content (AvgIpc) is 3.09. The van der Waals surface area contributed by atoms with Crippen LogP contribution in [0.2, 0.25) is 0 Å². The van der Waals surface area contributed by atoms with Crippen LogP contribution < -0.4 is 10.6 Å². The number of benzene rings is 2. The molecule has 7 heteroatoms. The Labute approximate surface area is 149 Å². The van der Waals surface area contributed by atoms with Crippen LogP contribution in [0.5, 0.6) is 0 Å². The number of aromatic nitrogens is 2. The third-order valence-corrected chi connectivity index (χ3v) is 4.07. The monoisotopic (exact) mass is 352 g/mol. The number of nitrogens with zero attached hydrogens (tertiary/aromatic N) is 2. The van der Waals surface area contributed by atoms with E-state index in [1.807, 2.05) is 30.3 Å². The van der Waals surface area contributed by atoms with Gasteiger partial charge in [-0.3, -0.25) is 14.9 Å². The third kappa shape index (κ3) is 4.48. The van der Waals surface area contributed by atoms with Crippen molar-refractivity contribution >= 4 is 28.5 Å². The summed E-state index contributed by atoms with van der Waals surface area (Å²) in [6, 6.07) is 16.6. The Morgan fingerprint density at radius 1 is 1.04 bits per heavy atom. The molecular formula is C18H16N4O2S. The van der Waals surface area contributed by atoms with Gasteiger partial charge in [0.05, 0.1) is 0 Å². The number of amides is 2. The molecule has 2 amide bonds. The summed E-state index contributed by atoms with van der Waals surface area (Å²) in [6.07, 6.45) is 0. The lowest BCUT2D eigenvalue weighted by molar-refractivity contribution is -0.119. The molecule has 0 radical (unpaired) electrons. The van der Waals surface area contributed by atoms with Crippen molar-refractivity contribution in [2.45, 2.75) is 13.5 Å². The van der Waals surface area contributed by atoms with Crippen LogP contribution in [0.15, 0.2) is 54.6 Å². The first-order valence-corrected chi connectivity index (χ1v) is 8.43. The fourth-order valence-electron chi connectivity index (χ4n) is 2.15. The highest BCUT2D eigenvalue weighted by molar-refractivity contribution is 7.10. The van der Waals surface area contributed by atoms with E-state index in [0.29, 0.717) is 23.1 Å². The predicted octanol–water partition coefficient (Wildman–Crippen LogP) is 3.09. The van der Waals surface area contributed by atoms with Crippen molar-refractivity contribution in [3.05, 3.63) is 65.7 Å². The lowest BCUT2D eigenvalue weighted by Crippen LogP contribution is -2.19. The largest absolute Gasteiger partial charge is 0.352 e. The molecule has 0 aliphatic heterocycles. The van der Waals surface area contributed by atoms with Crippen LogP contribution in [0.1, 0.15) is 22.8 Å². The molecule has 0 spiro atoms. The molecule has 3 rings (SSSR count). The number of hydrogen-bond donors (Lipinski definition) is 2. The van der Waals surface area contributed by atoms with Crippen LogP contribution in [0.25, 0.3) is 11.4 Å². The number of carbonyl (C=O) groups excluding carboxylic acids is 2. The summed E-state index contributed by atoms with van der Waals surface area (Å²) in [5.74, 6) is 0.251. The standard InChI is InChI=1S/C18H16N4O2S/c1-12(23)19-11-13-7-9-15(10-8-13)17(24)21-18-20-16(22-25-18)14-5-3-2-4-6-14/h2-10H,11H2,1H3,(H,19,23)(H,20,21,22,24). The van der Waals surface area contributed by atoms with Crippen LogP contribution in [-0.4, -0.2) is 21.2 Å². The molecule has 0 unspecified atom stereocenters. The van der Waals surface area contributed by atoms with E-state index in [2.05, 4.69) is 20.0 Å². The van der Waals surface area contributed by atoms with Gasteiger partial charge in [-0.2, -0.15) is 9.36 Å². The van der Waals surface area contributed by atoms with Crippen LogP contribution in [0.4, 0.5) is 5.13 Å². The summed E-state index contributed by atoms with van der Waals surface area (Å²) in [5, 5.41) is 5.92. The van der Waals surface area contributed by atoms with E-state index < -0.39 is 0 Å². The molecule has 1 heterocycles. The van der Waals surface area contributed by atoms with Gasteiger partial charge in [-0.05, 0) is 17.7 Å². The van der Waals surface area contributed by atoms with Gasteiger partial charge in [0.15, 0.2) is 5.82 Å². The molecule has 25 heavy (non-hydrogen) atoms. The van der Waals surface area contributed by atoms with Crippen molar-refractivity contribution in [2.24, 2.45) is 0 Å². The first-order valence-electron chi connectivity index (χ1n) is 7.65. The molecule has 0 fully saturated rings. The van der Waals surface area contributed by atoms with E-state index in [9.17, 15) is 9.59 Å². The molecule has 0 saturated heterocycles. The zero-order valence-electron chi connectivity index (χ0n) is 13.5. The van der Waals surface area contributed by atoms with Gasteiger partial charge in [-0.25, -0.2) is 0 Å². The number of hydrogen-bond acceptors (Lipinski definition) is 5. The minimum atomic E-state index is -0.248. The third-order valence-electron chi connectivity index (χ3n) is 3.44. The Morgan fingerprint density at radius 2 is 1.76 bits per heavy atom. The summed E-state index contributed by atoms with van der Waals surface area (Å²) in [6.45, 7) is 1.90. The van der Waals surface area contributed by atoms with Gasteiger partial charge in [0.25, 0.3) is 5.91 Å². The van der Waals surface area contributed by atoms with Gasteiger partial charge in [-0.1, -0.05) is 42.5 Å². The van der Waals surface area contributed by atoms with E-state index in [-0.39, 0.29) is 11.8 Å². The number of carbonyl (C=O) groups is 2. The van der Waals surface area contributed by atoms with E-state index in [4.69, 9.17) is 0 Å². The first-order chi connectivity index (χ1) is 12.1. The molecule has 0 atom stereocenters. The van der Waals surface area contributed by atoms with Gasteiger partial charge >= 0.3 is 0 Å². The number of nitrogens with one attached hydrogen (secondary N) is 2. The van der Waals surface area contributed by atoms with Gasteiger partial charge in [0.1, 0.15) is 0 Å². The second kappa shape index (κ2) is 7.67. The van der Waals surface area contributed by atoms with Gasteiger partial charge in [0, 0.05) is 36.1 Å². The topological polar surface area (TPSA) is 84.0 Å². The van der Waals surface area contributed by atoms with E-state index in [0.717, 1.165) is 22.7 Å². The second-order valence-electron chi connectivity index (χ2n) is 5.35. The Bertz CT molecular complexity index is 876. The van der Waals surface area contributed by atoms with Crippen molar-refractivity contribution < 1.29 is 9.59 Å². The van der Waals surface area contributed by atoms with Gasteiger partial charge in [-0.15, -0.1) is 0 Å². The maximum atomic E-state index is 12.3. The average molecular weight is 352 g/mol. The summed E-state index contributed by atoms with van der Waals surface area (Å²) in [7, 11) is 0. The SMILES string of the molecule is CC(=O)NCc1ccc(C(=O)Nc2nc(-c3ccccc3)ns2)cc1. The highest BCUT2D eigenvalue weighted by Gasteiger charge is 2.11. The second-order valence-corrected chi connectivity index (χ2v) is 6.10. The van der Waals surface area contributed by atoms with Crippen LogP contribution in [0.3, 0.4) is 0 Å². The summed E-state index contributed by atoms with van der Waals surface area (Å²) in [5.41, 5.74) is 2.35. The fraction of sp³-hybridized carbons (Fsp3) is 0.111. The van der Waals surface area contributed by atoms with E-state index >= 15 is 0 Å². The molecule has 0 aliphatic rings. The number of rotatable bonds is 5. The zero-order valence-corrected chi connectivity index (χ0v) is 14.3. The summed E-state index contributed by atoms with van der Waals surface area (Å²) < 4.78 is 4.26. The van der Waals surface area contributed by atoms with E-state index in [1.165, 1.54) is 6.92 Å². The smallest absolute Gasteiger partial charge is 0.257 e. The molecule has 0 aliphatic carbocycles. The summed E-state index contributed by atoms with van der Waals surface area (Å²) in [4.78, 5) is 27.5. The minimum Gasteiger partial charge on any atom is -0.352 e. The van der Waals surface area contributed by atoms with E-state index in [1.54, 1.807) is 24.3 Å². The Hall–Kier alpha value is -3.06.